The lowest BCUT2D eigenvalue weighted by Gasteiger charge is -2.21. The van der Waals surface area contributed by atoms with E-state index in [4.69, 9.17) is 9.47 Å². The van der Waals surface area contributed by atoms with Crippen molar-refractivity contribution in [3.8, 4) is 11.5 Å². The van der Waals surface area contributed by atoms with E-state index >= 15 is 0 Å². The standard InChI is InChI=1S/C25H32N2O4/c1-17(2)14-26-25(29)22-16-27(24(28)12-18-8-6-5-7-9-18)15-21(22)20-13-19(30-3)10-11-23(20)31-4/h5-11,13,17,21-22H,12,14-16H2,1-4H3,(H,26,29)/t21-,22-/m0/s1. The highest BCUT2D eigenvalue weighted by Crippen LogP contribution is 2.39. The number of carbonyl (C=O) groups excluding carboxylic acids is 2. The number of nitrogens with one attached hydrogen (secondary N) is 1. The van der Waals surface area contributed by atoms with E-state index < -0.39 is 0 Å². The van der Waals surface area contributed by atoms with E-state index in [0.29, 0.717) is 43.5 Å². The Morgan fingerprint density at radius 3 is 2.45 bits per heavy atom. The fraction of sp³-hybridized carbons (Fsp3) is 0.440. The summed E-state index contributed by atoms with van der Waals surface area (Å²) < 4.78 is 11.0. The van der Waals surface area contributed by atoms with Crippen LogP contribution >= 0.6 is 0 Å². The summed E-state index contributed by atoms with van der Waals surface area (Å²) in [5.41, 5.74) is 1.86. The molecule has 0 unspecified atom stereocenters. The number of benzene rings is 2. The number of hydrogen-bond acceptors (Lipinski definition) is 4. The second-order valence-electron chi connectivity index (χ2n) is 8.42. The van der Waals surface area contributed by atoms with Gasteiger partial charge in [0.15, 0.2) is 0 Å². The van der Waals surface area contributed by atoms with Gasteiger partial charge < -0.3 is 19.7 Å². The average molecular weight is 425 g/mol. The Morgan fingerprint density at radius 1 is 1.06 bits per heavy atom. The molecule has 1 fully saturated rings. The minimum atomic E-state index is -0.348. The summed E-state index contributed by atoms with van der Waals surface area (Å²) in [6, 6.07) is 15.3. The molecule has 6 nitrogen and oxygen atoms in total. The minimum absolute atomic E-state index is 0.0252. The fourth-order valence-corrected chi connectivity index (χ4v) is 4.04. The van der Waals surface area contributed by atoms with Crippen molar-refractivity contribution in [2.75, 3.05) is 33.9 Å². The number of likely N-dealkylation sites (tertiary alicyclic amines) is 1. The zero-order chi connectivity index (χ0) is 22.4. The summed E-state index contributed by atoms with van der Waals surface area (Å²) in [5, 5.41) is 3.05. The lowest BCUT2D eigenvalue weighted by Crippen LogP contribution is -2.37. The molecule has 0 aromatic heterocycles. The number of amides is 2. The summed E-state index contributed by atoms with van der Waals surface area (Å²) >= 11 is 0. The predicted molar refractivity (Wildman–Crippen MR) is 120 cm³/mol. The van der Waals surface area contributed by atoms with Crippen LogP contribution in [0.15, 0.2) is 48.5 Å². The normalized spacial score (nSPS) is 18.2. The SMILES string of the molecule is COc1ccc(OC)c([C@@H]2CN(C(=O)Cc3ccccc3)C[C@@H]2C(=O)NCC(C)C)c1. The highest BCUT2D eigenvalue weighted by Gasteiger charge is 2.41. The number of hydrogen-bond donors (Lipinski definition) is 1. The van der Waals surface area contributed by atoms with Crippen LogP contribution in [0, 0.1) is 11.8 Å². The van der Waals surface area contributed by atoms with Gasteiger partial charge in [-0.25, -0.2) is 0 Å². The Bertz CT molecular complexity index is 898. The van der Waals surface area contributed by atoms with Crippen LogP contribution in [0.2, 0.25) is 0 Å². The van der Waals surface area contributed by atoms with Gasteiger partial charge in [-0.05, 0) is 29.7 Å². The molecular formula is C25H32N2O4. The van der Waals surface area contributed by atoms with Gasteiger partial charge in [-0.1, -0.05) is 44.2 Å². The van der Waals surface area contributed by atoms with Crippen molar-refractivity contribution in [2.24, 2.45) is 11.8 Å². The van der Waals surface area contributed by atoms with Gasteiger partial charge in [0.25, 0.3) is 0 Å². The van der Waals surface area contributed by atoms with E-state index in [1.165, 1.54) is 0 Å². The second kappa shape index (κ2) is 10.3. The topological polar surface area (TPSA) is 67.9 Å². The third-order valence-corrected chi connectivity index (χ3v) is 5.73. The van der Waals surface area contributed by atoms with E-state index in [1.807, 2.05) is 48.5 Å². The molecule has 6 heteroatoms. The molecule has 2 aromatic carbocycles. The highest BCUT2D eigenvalue weighted by atomic mass is 16.5. The zero-order valence-electron chi connectivity index (χ0n) is 18.8. The number of rotatable bonds is 8. The highest BCUT2D eigenvalue weighted by molar-refractivity contribution is 5.84. The van der Waals surface area contributed by atoms with Crippen LogP contribution in [0.25, 0.3) is 0 Å². The van der Waals surface area contributed by atoms with Gasteiger partial charge in [0.05, 0.1) is 26.6 Å². The molecule has 0 saturated carbocycles. The Labute approximate surface area is 184 Å². The lowest BCUT2D eigenvalue weighted by atomic mass is 9.87. The first-order valence-corrected chi connectivity index (χ1v) is 10.7. The smallest absolute Gasteiger partial charge is 0.227 e. The van der Waals surface area contributed by atoms with Crippen LogP contribution in [0.1, 0.15) is 30.9 Å². The molecule has 31 heavy (non-hydrogen) atoms. The van der Waals surface area contributed by atoms with Crippen molar-refractivity contribution in [2.45, 2.75) is 26.2 Å². The van der Waals surface area contributed by atoms with Gasteiger partial charge in [-0.15, -0.1) is 0 Å². The molecule has 2 atom stereocenters. The summed E-state index contributed by atoms with van der Waals surface area (Å²) in [6.45, 7) is 5.59. The molecule has 1 aliphatic heterocycles. The molecule has 1 aliphatic rings. The van der Waals surface area contributed by atoms with Crippen LogP contribution in [-0.4, -0.2) is 50.6 Å². The van der Waals surface area contributed by atoms with E-state index in [9.17, 15) is 9.59 Å². The molecule has 2 aromatic rings. The predicted octanol–water partition coefficient (Wildman–Crippen LogP) is 3.26. The first-order chi connectivity index (χ1) is 14.9. The fourth-order valence-electron chi connectivity index (χ4n) is 4.04. The van der Waals surface area contributed by atoms with Crippen molar-refractivity contribution < 1.29 is 19.1 Å². The molecule has 1 saturated heterocycles. The van der Waals surface area contributed by atoms with Gasteiger partial charge in [0.1, 0.15) is 11.5 Å². The van der Waals surface area contributed by atoms with Crippen molar-refractivity contribution in [3.63, 3.8) is 0 Å². The summed E-state index contributed by atoms with van der Waals surface area (Å²) in [5.74, 6) is 1.23. The van der Waals surface area contributed by atoms with Crippen molar-refractivity contribution in [1.82, 2.24) is 10.2 Å². The van der Waals surface area contributed by atoms with Crippen LogP contribution in [-0.2, 0) is 16.0 Å². The van der Waals surface area contributed by atoms with Crippen LogP contribution in [0.4, 0.5) is 0 Å². The van der Waals surface area contributed by atoms with Gasteiger partial charge >= 0.3 is 0 Å². The average Bonchev–Trinajstić information content (AvgIpc) is 3.23. The van der Waals surface area contributed by atoms with Crippen molar-refractivity contribution >= 4 is 11.8 Å². The number of nitrogens with zero attached hydrogens (tertiary/aromatic N) is 1. The molecule has 166 valence electrons. The number of carbonyl (C=O) groups is 2. The van der Waals surface area contributed by atoms with Gasteiger partial charge in [-0.3, -0.25) is 9.59 Å². The molecule has 0 spiro atoms. The molecule has 1 N–H and O–H groups in total. The van der Waals surface area contributed by atoms with Crippen LogP contribution in [0.3, 0.4) is 0 Å². The Balaban J connectivity index is 1.87. The molecule has 0 radical (unpaired) electrons. The summed E-state index contributed by atoms with van der Waals surface area (Å²) in [6.07, 6.45) is 0.323. The Hall–Kier alpha value is -3.02. The summed E-state index contributed by atoms with van der Waals surface area (Å²) in [7, 11) is 3.23. The van der Waals surface area contributed by atoms with Gasteiger partial charge in [0, 0.05) is 31.1 Å². The van der Waals surface area contributed by atoms with Gasteiger partial charge in [0.2, 0.25) is 11.8 Å². The number of methoxy groups -OCH3 is 2. The lowest BCUT2D eigenvalue weighted by molar-refractivity contribution is -0.130. The summed E-state index contributed by atoms with van der Waals surface area (Å²) in [4.78, 5) is 27.9. The first kappa shape index (κ1) is 22.7. The zero-order valence-corrected chi connectivity index (χ0v) is 18.8. The molecule has 0 aliphatic carbocycles. The molecule has 0 bridgehead atoms. The van der Waals surface area contributed by atoms with Crippen LogP contribution < -0.4 is 14.8 Å². The largest absolute Gasteiger partial charge is 0.497 e. The first-order valence-electron chi connectivity index (χ1n) is 10.7. The second-order valence-corrected chi connectivity index (χ2v) is 8.42. The molecular weight excluding hydrogens is 392 g/mol. The third-order valence-electron chi connectivity index (χ3n) is 5.73. The van der Waals surface area contributed by atoms with E-state index in [2.05, 4.69) is 19.2 Å². The maximum absolute atomic E-state index is 13.1. The van der Waals surface area contributed by atoms with Gasteiger partial charge in [-0.2, -0.15) is 0 Å². The minimum Gasteiger partial charge on any atom is -0.497 e. The van der Waals surface area contributed by atoms with Crippen molar-refractivity contribution in [1.29, 1.82) is 0 Å². The Morgan fingerprint density at radius 2 is 1.81 bits per heavy atom. The maximum atomic E-state index is 13.1. The van der Waals surface area contributed by atoms with Crippen LogP contribution in [0.5, 0.6) is 11.5 Å². The quantitative estimate of drug-likeness (QED) is 0.706. The molecule has 2 amide bonds. The van der Waals surface area contributed by atoms with Crippen molar-refractivity contribution in [3.05, 3.63) is 59.7 Å². The van der Waals surface area contributed by atoms with E-state index in [1.54, 1.807) is 19.1 Å². The third kappa shape index (κ3) is 5.57. The van der Waals surface area contributed by atoms with E-state index in [0.717, 1.165) is 11.1 Å². The maximum Gasteiger partial charge on any atom is 0.227 e. The van der Waals surface area contributed by atoms with E-state index in [-0.39, 0.29) is 23.7 Å². The monoisotopic (exact) mass is 424 g/mol. The Kier molecular flexibility index (Phi) is 7.55. The molecule has 1 heterocycles. The molecule has 3 rings (SSSR count). The number of ether oxygens (including phenoxy) is 2.